The fraction of sp³-hybridized carbons (Fsp3) is 0. The zero-order valence-electron chi connectivity index (χ0n) is 10.3. The first-order valence-electron chi connectivity index (χ1n) is 5.59. The predicted octanol–water partition coefficient (Wildman–Crippen LogP) is 3.84. The number of hydrazone groups is 1. The van der Waals surface area contributed by atoms with Gasteiger partial charge in [0.2, 0.25) is 0 Å². The molecule has 0 unspecified atom stereocenters. The summed E-state index contributed by atoms with van der Waals surface area (Å²) in [6.07, 6.45) is 4.37. The van der Waals surface area contributed by atoms with Gasteiger partial charge in [-0.05, 0) is 50.1 Å². The number of nitrogens with zero attached hydrogens (tertiary/aromatic N) is 2. The fourth-order valence-corrected chi connectivity index (χ4v) is 3.07. The van der Waals surface area contributed by atoms with Gasteiger partial charge in [-0.25, -0.2) is 5.43 Å². The first-order chi connectivity index (χ1) is 9.97. The van der Waals surface area contributed by atoms with E-state index in [-0.39, 0.29) is 5.75 Å². The standard InChI is InChI=1S/C13H8Br3N3O2/c14-9-1-7(12(20)11(16)3-9)5-18-19-13(21)8-2-10(15)6-17-4-8/h1-6,20H,(H,19,21)/b18-5-. The number of nitrogens with one attached hydrogen (secondary N) is 1. The number of halogens is 3. The van der Waals surface area contributed by atoms with Crippen LogP contribution in [-0.2, 0) is 0 Å². The maximum absolute atomic E-state index is 11.8. The van der Waals surface area contributed by atoms with Crippen LogP contribution < -0.4 is 5.43 Å². The number of pyridine rings is 1. The van der Waals surface area contributed by atoms with E-state index >= 15 is 0 Å². The van der Waals surface area contributed by atoms with E-state index in [1.54, 1.807) is 24.4 Å². The highest BCUT2D eigenvalue weighted by Gasteiger charge is 2.07. The van der Waals surface area contributed by atoms with Crippen molar-refractivity contribution in [1.82, 2.24) is 10.4 Å². The second-order valence-electron chi connectivity index (χ2n) is 3.92. The van der Waals surface area contributed by atoms with Crippen LogP contribution in [0.25, 0.3) is 0 Å². The molecule has 108 valence electrons. The van der Waals surface area contributed by atoms with Crippen molar-refractivity contribution in [1.29, 1.82) is 0 Å². The molecule has 2 aromatic rings. The molecule has 0 fully saturated rings. The Labute approximate surface area is 145 Å². The highest BCUT2D eigenvalue weighted by Crippen LogP contribution is 2.30. The summed E-state index contributed by atoms with van der Waals surface area (Å²) in [7, 11) is 0. The van der Waals surface area contributed by atoms with Crippen LogP contribution in [0.4, 0.5) is 0 Å². The Kier molecular flexibility index (Phi) is 5.49. The van der Waals surface area contributed by atoms with Crippen molar-refractivity contribution in [3.05, 3.63) is 55.1 Å². The number of phenolic OH excluding ortho intramolecular Hbond substituents is 1. The number of carbonyl (C=O) groups is 1. The van der Waals surface area contributed by atoms with Crippen LogP contribution in [0.5, 0.6) is 5.75 Å². The lowest BCUT2D eigenvalue weighted by molar-refractivity contribution is 0.0954. The lowest BCUT2D eigenvalue weighted by Gasteiger charge is -2.03. The molecule has 0 bridgehead atoms. The first kappa shape index (κ1) is 16.1. The van der Waals surface area contributed by atoms with Crippen LogP contribution in [0.3, 0.4) is 0 Å². The van der Waals surface area contributed by atoms with E-state index in [0.29, 0.717) is 20.1 Å². The summed E-state index contributed by atoms with van der Waals surface area (Å²) in [6.45, 7) is 0. The highest BCUT2D eigenvalue weighted by molar-refractivity contribution is 9.11. The van der Waals surface area contributed by atoms with Gasteiger partial charge < -0.3 is 5.11 Å². The van der Waals surface area contributed by atoms with E-state index in [2.05, 4.69) is 63.3 Å². The van der Waals surface area contributed by atoms with Gasteiger partial charge in [0, 0.05) is 26.9 Å². The van der Waals surface area contributed by atoms with Gasteiger partial charge in [0.1, 0.15) is 5.75 Å². The summed E-state index contributed by atoms with van der Waals surface area (Å²) in [5, 5.41) is 13.7. The zero-order valence-corrected chi connectivity index (χ0v) is 15.1. The molecule has 0 spiro atoms. The second-order valence-corrected chi connectivity index (χ2v) is 6.60. The van der Waals surface area contributed by atoms with Gasteiger partial charge in [0.25, 0.3) is 5.91 Å². The number of aromatic hydroxyl groups is 1. The topological polar surface area (TPSA) is 74.6 Å². The average molecular weight is 478 g/mol. The quantitative estimate of drug-likeness (QED) is 0.521. The van der Waals surface area contributed by atoms with Crippen molar-refractivity contribution in [3.63, 3.8) is 0 Å². The van der Waals surface area contributed by atoms with Crippen molar-refractivity contribution >= 4 is 59.9 Å². The minimum absolute atomic E-state index is 0.0420. The molecule has 0 radical (unpaired) electrons. The minimum atomic E-state index is -0.395. The highest BCUT2D eigenvalue weighted by atomic mass is 79.9. The molecule has 2 rings (SSSR count). The molecule has 0 atom stereocenters. The lowest BCUT2D eigenvalue weighted by Crippen LogP contribution is -2.17. The molecule has 0 saturated heterocycles. The number of carbonyl (C=O) groups excluding carboxylic acids is 1. The molecule has 0 saturated carbocycles. The maximum atomic E-state index is 11.8. The molecule has 0 aliphatic heterocycles. The van der Waals surface area contributed by atoms with Gasteiger partial charge in [-0.2, -0.15) is 5.10 Å². The predicted molar refractivity (Wildman–Crippen MR) is 90.5 cm³/mol. The van der Waals surface area contributed by atoms with E-state index in [0.717, 1.165) is 4.47 Å². The zero-order chi connectivity index (χ0) is 15.4. The third kappa shape index (κ3) is 4.36. The van der Waals surface area contributed by atoms with Crippen molar-refractivity contribution in [2.45, 2.75) is 0 Å². The molecule has 1 heterocycles. The summed E-state index contributed by atoms with van der Waals surface area (Å²) in [5.41, 5.74) is 3.21. The summed E-state index contributed by atoms with van der Waals surface area (Å²) in [5.74, 6) is -0.353. The Hall–Kier alpha value is -1.25. The Morgan fingerprint density at radius 2 is 1.95 bits per heavy atom. The number of hydrogen-bond donors (Lipinski definition) is 2. The monoisotopic (exact) mass is 475 g/mol. The van der Waals surface area contributed by atoms with Crippen LogP contribution in [0.1, 0.15) is 15.9 Å². The van der Waals surface area contributed by atoms with Gasteiger partial charge >= 0.3 is 0 Å². The van der Waals surface area contributed by atoms with Gasteiger partial charge in [0.05, 0.1) is 16.3 Å². The number of aromatic nitrogens is 1. The minimum Gasteiger partial charge on any atom is -0.506 e. The molecule has 0 aliphatic carbocycles. The van der Waals surface area contributed by atoms with Gasteiger partial charge in [-0.1, -0.05) is 15.9 Å². The second kappa shape index (κ2) is 7.15. The number of benzene rings is 1. The smallest absolute Gasteiger partial charge is 0.272 e. The molecule has 8 heteroatoms. The largest absolute Gasteiger partial charge is 0.506 e. The normalized spacial score (nSPS) is 10.8. The van der Waals surface area contributed by atoms with Gasteiger partial charge in [0.15, 0.2) is 0 Å². The van der Waals surface area contributed by atoms with Crippen molar-refractivity contribution in [2.75, 3.05) is 0 Å². The van der Waals surface area contributed by atoms with Crippen LogP contribution in [0, 0.1) is 0 Å². The Morgan fingerprint density at radius 1 is 1.19 bits per heavy atom. The van der Waals surface area contributed by atoms with Crippen LogP contribution in [-0.4, -0.2) is 22.2 Å². The molecular weight excluding hydrogens is 470 g/mol. The van der Waals surface area contributed by atoms with Crippen molar-refractivity contribution in [3.8, 4) is 5.75 Å². The molecule has 1 amide bonds. The van der Waals surface area contributed by atoms with E-state index < -0.39 is 5.91 Å². The molecule has 5 nitrogen and oxygen atoms in total. The van der Waals surface area contributed by atoms with E-state index in [1.165, 1.54) is 12.4 Å². The molecular formula is C13H8Br3N3O2. The third-order valence-corrected chi connectivity index (χ3v) is 3.89. The van der Waals surface area contributed by atoms with Gasteiger partial charge in [-0.15, -0.1) is 0 Å². The number of rotatable bonds is 3. The molecule has 1 aromatic carbocycles. The van der Waals surface area contributed by atoms with Gasteiger partial charge in [-0.3, -0.25) is 9.78 Å². The van der Waals surface area contributed by atoms with E-state index in [9.17, 15) is 9.90 Å². The summed E-state index contributed by atoms with van der Waals surface area (Å²) < 4.78 is 2.00. The van der Waals surface area contributed by atoms with Crippen molar-refractivity contribution < 1.29 is 9.90 Å². The summed E-state index contributed by atoms with van der Waals surface area (Å²) in [6, 6.07) is 5.01. The van der Waals surface area contributed by atoms with E-state index in [1.807, 2.05) is 0 Å². The summed E-state index contributed by atoms with van der Waals surface area (Å²) in [4.78, 5) is 15.7. The van der Waals surface area contributed by atoms with Crippen LogP contribution >= 0.6 is 47.8 Å². The van der Waals surface area contributed by atoms with Crippen molar-refractivity contribution in [2.24, 2.45) is 5.10 Å². The SMILES string of the molecule is O=C(N/N=C\c1cc(Br)cc(Br)c1O)c1cncc(Br)c1. The van der Waals surface area contributed by atoms with E-state index in [4.69, 9.17) is 0 Å². The first-order valence-corrected chi connectivity index (χ1v) is 7.97. The Balaban J connectivity index is 2.11. The van der Waals surface area contributed by atoms with Crippen LogP contribution in [0.15, 0.2) is 49.1 Å². The summed E-state index contributed by atoms with van der Waals surface area (Å²) >= 11 is 9.77. The average Bonchev–Trinajstić information content (AvgIpc) is 2.43. The lowest BCUT2D eigenvalue weighted by atomic mass is 10.2. The maximum Gasteiger partial charge on any atom is 0.272 e. The Morgan fingerprint density at radius 3 is 2.67 bits per heavy atom. The number of amides is 1. The number of phenols is 1. The molecule has 2 N–H and O–H groups in total. The molecule has 21 heavy (non-hydrogen) atoms. The fourth-order valence-electron chi connectivity index (χ4n) is 1.45. The molecule has 0 aliphatic rings. The third-order valence-electron chi connectivity index (χ3n) is 2.39. The number of hydrogen-bond acceptors (Lipinski definition) is 4. The Bertz CT molecular complexity index is 720. The molecule has 1 aromatic heterocycles. The van der Waals surface area contributed by atoms with Crippen LogP contribution in [0.2, 0.25) is 0 Å².